The van der Waals surface area contributed by atoms with Crippen molar-refractivity contribution in [1.82, 2.24) is 20.3 Å². The normalized spacial score (nSPS) is 17.7. The molecule has 2 aromatic carbocycles. The van der Waals surface area contributed by atoms with Crippen LogP contribution in [0.2, 0.25) is 19.6 Å². The van der Waals surface area contributed by atoms with Gasteiger partial charge in [-0.1, -0.05) is 89.2 Å². The van der Waals surface area contributed by atoms with Crippen LogP contribution >= 0.6 is 0 Å². The first-order valence-electron chi connectivity index (χ1n) is 14.2. The Morgan fingerprint density at radius 3 is 2.28 bits per heavy atom. The van der Waals surface area contributed by atoms with Crippen LogP contribution in [-0.4, -0.2) is 40.8 Å². The summed E-state index contributed by atoms with van der Waals surface area (Å²) in [7, 11) is -1.74. The molecule has 2 N–H and O–H groups in total. The van der Waals surface area contributed by atoms with E-state index in [-0.39, 0.29) is 17.4 Å². The van der Waals surface area contributed by atoms with E-state index in [1.807, 2.05) is 6.20 Å². The average Bonchev–Trinajstić information content (AvgIpc) is 3.36. The summed E-state index contributed by atoms with van der Waals surface area (Å²) in [4.78, 5) is 0. The van der Waals surface area contributed by atoms with Crippen LogP contribution in [-0.2, 0) is 17.4 Å². The number of rotatable bonds is 9. The van der Waals surface area contributed by atoms with Gasteiger partial charge >= 0.3 is 0 Å². The van der Waals surface area contributed by atoms with Gasteiger partial charge in [0.25, 0.3) is 0 Å². The SMILES string of the molecule is CC(C)(C)c1cccc(C2(NCC(O)C(Cc3cc(F)cc(F)c3)n3cc([Si](C)(C)C)nn3)CCCCC2)c1. The Kier molecular flexibility index (Phi) is 8.78. The quantitative estimate of drug-likeness (QED) is 0.319. The van der Waals surface area contributed by atoms with Gasteiger partial charge in [0.1, 0.15) is 19.7 Å². The van der Waals surface area contributed by atoms with Crippen LogP contribution in [0.15, 0.2) is 48.7 Å². The number of nitrogens with zero attached hydrogens (tertiary/aromatic N) is 3. The summed E-state index contributed by atoms with van der Waals surface area (Å²) in [6.45, 7) is 13.6. The van der Waals surface area contributed by atoms with E-state index < -0.39 is 31.9 Å². The maximum atomic E-state index is 14.0. The molecule has 0 spiro atoms. The van der Waals surface area contributed by atoms with Crippen molar-refractivity contribution >= 4 is 13.4 Å². The summed E-state index contributed by atoms with van der Waals surface area (Å²) in [5.41, 5.74) is 2.83. The maximum Gasteiger partial charge on any atom is 0.126 e. The van der Waals surface area contributed by atoms with Gasteiger partial charge in [-0.15, -0.1) is 5.10 Å². The zero-order valence-electron chi connectivity index (χ0n) is 24.3. The highest BCUT2D eigenvalue weighted by Crippen LogP contribution is 2.39. The van der Waals surface area contributed by atoms with Crippen LogP contribution in [0.25, 0.3) is 0 Å². The predicted octanol–water partition coefficient (Wildman–Crippen LogP) is 5.99. The Balaban J connectivity index is 1.63. The average molecular weight is 555 g/mol. The zero-order valence-corrected chi connectivity index (χ0v) is 25.3. The van der Waals surface area contributed by atoms with E-state index in [0.717, 1.165) is 37.1 Å². The molecule has 39 heavy (non-hydrogen) atoms. The van der Waals surface area contributed by atoms with Crippen LogP contribution in [0.1, 0.15) is 75.6 Å². The van der Waals surface area contributed by atoms with Crippen molar-refractivity contribution in [2.75, 3.05) is 6.54 Å². The topological polar surface area (TPSA) is 63.0 Å². The molecule has 212 valence electrons. The molecule has 1 saturated carbocycles. The first kappa shape index (κ1) is 29.6. The minimum absolute atomic E-state index is 0.0396. The molecular formula is C31H44F2N4OSi. The molecular weight excluding hydrogens is 510 g/mol. The second kappa shape index (κ2) is 11.6. The van der Waals surface area contributed by atoms with E-state index in [1.165, 1.54) is 29.7 Å². The molecule has 1 aromatic heterocycles. The number of aliphatic hydroxyl groups excluding tert-OH is 1. The Morgan fingerprint density at radius 1 is 1.03 bits per heavy atom. The molecule has 3 aromatic rings. The number of hydrogen-bond acceptors (Lipinski definition) is 4. The Labute approximate surface area is 233 Å². The number of halogens is 2. The Hall–Kier alpha value is -2.42. The van der Waals surface area contributed by atoms with Crippen LogP contribution in [0, 0.1) is 11.6 Å². The zero-order chi connectivity index (χ0) is 28.4. The van der Waals surface area contributed by atoms with E-state index in [9.17, 15) is 13.9 Å². The van der Waals surface area contributed by atoms with Gasteiger partial charge in [-0.3, -0.25) is 0 Å². The lowest BCUT2D eigenvalue weighted by atomic mass is 9.74. The van der Waals surface area contributed by atoms with Crippen molar-refractivity contribution in [3.63, 3.8) is 0 Å². The molecule has 2 atom stereocenters. The summed E-state index contributed by atoms with van der Waals surface area (Å²) in [5.74, 6) is -1.25. The van der Waals surface area contributed by atoms with E-state index in [4.69, 9.17) is 0 Å². The fraction of sp³-hybridized carbons (Fsp3) is 0.548. The first-order chi connectivity index (χ1) is 18.3. The highest BCUT2D eigenvalue weighted by atomic mass is 28.3. The molecule has 1 fully saturated rings. The van der Waals surface area contributed by atoms with Gasteiger partial charge in [0, 0.05) is 24.3 Å². The highest BCUT2D eigenvalue weighted by Gasteiger charge is 2.36. The minimum atomic E-state index is -1.74. The van der Waals surface area contributed by atoms with E-state index in [2.05, 4.69) is 80.3 Å². The third kappa shape index (κ3) is 7.21. The van der Waals surface area contributed by atoms with Crippen molar-refractivity contribution in [1.29, 1.82) is 0 Å². The second-order valence-electron chi connectivity index (χ2n) is 13.3. The number of aliphatic hydroxyl groups is 1. The number of aromatic nitrogens is 3. The van der Waals surface area contributed by atoms with Gasteiger partial charge in [-0.2, -0.15) is 0 Å². The minimum Gasteiger partial charge on any atom is -0.390 e. The lowest BCUT2D eigenvalue weighted by Crippen LogP contribution is -2.49. The summed E-state index contributed by atoms with van der Waals surface area (Å²) in [6.07, 6.45) is 6.73. The summed E-state index contributed by atoms with van der Waals surface area (Å²) in [6, 6.07) is 11.8. The van der Waals surface area contributed by atoms with Crippen molar-refractivity contribution in [3.05, 3.63) is 77.0 Å². The van der Waals surface area contributed by atoms with Crippen LogP contribution in [0.3, 0.4) is 0 Å². The Morgan fingerprint density at radius 2 is 1.69 bits per heavy atom. The predicted molar refractivity (Wildman–Crippen MR) is 156 cm³/mol. The van der Waals surface area contributed by atoms with Gasteiger partial charge in [0.15, 0.2) is 0 Å². The summed E-state index contributed by atoms with van der Waals surface area (Å²) in [5, 5.41) is 25.1. The fourth-order valence-corrected chi connectivity index (χ4v) is 6.47. The monoisotopic (exact) mass is 554 g/mol. The molecule has 0 amide bonds. The van der Waals surface area contributed by atoms with Crippen molar-refractivity contribution in [2.45, 2.75) is 102 Å². The van der Waals surface area contributed by atoms with Gasteiger partial charge in [-0.25, -0.2) is 13.5 Å². The molecule has 0 radical (unpaired) electrons. The second-order valence-corrected chi connectivity index (χ2v) is 18.3. The third-order valence-electron chi connectivity index (χ3n) is 8.07. The molecule has 0 saturated heterocycles. The largest absolute Gasteiger partial charge is 0.390 e. The van der Waals surface area contributed by atoms with Crippen LogP contribution in [0.4, 0.5) is 8.78 Å². The lowest BCUT2D eigenvalue weighted by molar-refractivity contribution is 0.0854. The molecule has 8 heteroatoms. The molecule has 4 rings (SSSR count). The number of hydrogen-bond donors (Lipinski definition) is 2. The Bertz CT molecular complexity index is 1240. The molecule has 0 aliphatic heterocycles. The van der Waals surface area contributed by atoms with Gasteiger partial charge in [0.05, 0.1) is 17.5 Å². The first-order valence-corrected chi connectivity index (χ1v) is 17.7. The highest BCUT2D eigenvalue weighted by molar-refractivity contribution is 6.88. The number of nitrogens with one attached hydrogen (secondary N) is 1. The number of benzene rings is 2. The molecule has 2 unspecified atom stereocenters. The molecule has 0 bridgehead atoms. The van der Waals surface area contributed by atoms with Gasteiger partial charge in [0.2, 0.25) is 0 Å². The van der Waals surface area contributed by atoms with Crippen molar-refractivity contribution in [3.8, 4) is 0 Å². The van der Waals surface area contributed by atoms with Crippen molar-refractivity contribution in [2.24, 2.45) is 0 Å². The fourth-order valence-electron chi connectivity index (χ4n) is 5.60. The van der Waals surface area contributed by atoms with E-state index in [1.54, 1.807) is 4.68 Å². The van der Waals surface area contributed by atoms with Crippen LogP contribution in [0.5, 0.6) is 0 Å². The van der Waals surface area contributed by atoms with Crippen LogP contribution < -0.4 is 10.6 Å². The lowest BCUT2D eigenvalue weighted by Gasteiger charge is -2.41. The third-order valence-corrected chi connectivity index (χ3v) is 9.83. The maximum absolute atomic E-state index is 14.0. The van der Waals surface area contributed by atoms with E-state index in [0.29, 0.717) is 12.1 Å². The summed E-state index contributed by atoms with van der Waals surface area (Å²) >= 11 is 0. The van der Waals surface area contributed by atoms with E-state index >= 15 is 0 Å². The summed E-state index contributed by atoms with van der Waals surface area (Å²) < 4.78 is 29.8. The van der Waals surface area contributed by atoms with Gasteiger partial charge in [-0.05, 0) is 53.5 Å². The smallest absolute Gasteiger partial charge is 0.126 e. The molecule has 1 aliphatic carbocycles. The molecule has 1 heterocycles. The van der Waals surface area contributed by atoms with Crippen molar-refractivity contribution < 1.29 is 13.9 Å². The molecule has 5 nitrogen and oxygen atoms in total. The standard InChI is InChI=1S/C31H44F2N4OSi/c1-30(2,3)23-11-10-12-24(18-23)31(13-8-7-9-14-31)34-20-28(38)27(17-22-15-25(32)19-26(33)16-22)37-21-29(35-36-37)39(4,5)6/h10-12,15-16,18-19,21,27-28,34,38H,7-9,13-14,17,20H2,1-6H3. The van der Waals surface area contributed by atoms with Gasteiger partial charge < -0.3 is 10.4 Å². The molecule has 1 aliphatic rings.